The fourth-order valence-electron chi connectivity index (χ4n) is 3.66. The van der Waals surface area contributed by atoms with E-state index >= 15 is 0 Å². The van der Waals surface area contributed by atoms with Crippen LogP contribution in [0.25, 0.3) is 0 Å². The summed E-state index contributed by atoms with van der Waals surface area (Å²) in [6, 6.07) is 14.7. The van der Waals surface area contributed by atoms with Crippen LogP contribution < -0.4 is 15.4 Å². The van der Waals surface area contributed by atoms with Gasteiger partial charge in [0, 0.05) is 12.2 Å². The topological polar surface area (TPSA) is 146 Å². The number of alkyl carbamates (subject to hydrolysis) is 1. The number of anilines is 1. The van der Waals surface area contributed by atoms with Crippen molar-refractivity contribution in [3.8, 4) is 0 Å². The molecule has 3 atom stereocenters. The Hall–Kier alpha value is -3.09. The van der Waals surface area contributed by atoms with Crippen LogP contribution in [0.2, 0.25) is 0 Å². The number of amides is 2. The SMILES string of the molecule is CCC1CSC([C@H](Cc2ccc(NS(=O)(=O)O)cc2)NC(=O)[C@H](Cc2ccccc2)NC(=O)OC)=N1. The van der Waals surface area contributed by atoms with Gasteiger partial charge < -0.3 is 15.4 Å². The van der Waals surface area contributed by atoms with Crippen molar-refractivity contribution in [3.63, 3.8) is 0 Å². The quantitative estimate of drug-likeness (QED) is 0.324. The van der Waals surface area contributed by atoms with Gasteiger partial charge in [-0.3, -0.25) is 19.1 Å². The first kappa shape index (κ1) is 27.5. The lowest BCUT2D eigenvalue weighted by atomic mass is 10.0. The average molecular weight is 535 g/mol. The van der Waals surface area contributed by atoms with E-state index in [1.165, 1.54) is 19.2 Å². The van der Waals surface area contributed by atoms with Gasteiger partial charge in [-0.05, 0) is 36.1 Å². The zero-order chi connectivity index (χ0) is 26.1. The Morgan fingerprint density at radius 2 is 1.75 bits per heavy atom. The van der Waals surface area contributed by atoms with Gasteiger partial charge in [0.05, 0.1) is 29.9 Å². The molecule has 0 spiro atoms. The summed E-state index contributed by atoms with van der Waals surface area (Å²) in [4.78, 5) is 30.1. The molecule has 1 heterocycles. The smallest absolute Gasteiger partial charge is 0.407 e. The maximum absolute atomic E-state index is 13.4. The van der Waals surface area contributed by atoms with Crippen LogP contribution in [-0.2, 0) is 32.7 Å². The molecule has 12 heteroatoms. The zero-order valence-corrected chi connectivity index (χ0v) is 21.6. The minimum atomic E-state index is -4.37. The van der Waals surface area contributed by atoms with Gasteiger partial charge in [0.15, 0.2) is 0 Å². The van der Waals surface area contributed by atoms with Crippen LogP contribution in [0.4, 0.5) is 10.5 Å². The molecular weight excluding hydrogens is 504 g/mol. The van der Waals surface area contributed by atoms with Crippen LogP contribution in [0.1, 0.15) is 24.5 Å². The van der Waals surface area contributed by atoms with Gasteiger partial charge in [-0.2, -0.15) is 8.42 Å². The van der Waals surface area contributed by atoms with Crippen molar-refractivity contribution in [1.82, 2.24) is 10.6 Å². The molecular formula is C24H30N4O6S2. The molecule has 2 aromatic rings. The number of hydrogen-bond acceptors (Lipinski definition) is 7. The molecule has 194 valence electrons. The number of nitrogens with zero attached hydrogens (tertiary/aromatic N) is 1. The Balaban J connectivity index is 1.80. The van der Waals surface area contributed by atoms with Crippen LogP contribution in [0.15, 0.2) is 59.6 Å². The second-order valence-corrected chi connectivity index (χ2v) is 10.5. The summed E-state index contributed by atoms with van der Waals surface area (Å²) in [5.41, 5.74) is 1.92. The largest absolute Gasteiger partial charge is 0.453 e. The number of ether oxygens (including phenoxy) is 1. The third kappa shape index (κ3) is 8.54. The van der Waals surface area contributed by atoms with E-state index in [1.54, 1.807) is 23.9 Å². The summed E-state index contributed by atoms with van der Waals surface area (Å²) in [7, 11) is -3.13. The third-order valence-corrected chi connectivity index (χ3v) is 7.27. The highest BCUT2D eigenvalue weighted by molar-refractivity contribution is 8.14. The minimum Gasteiger partial charge on any atom is -0.453 e. The van der Waals surface area contributed by atoms with Crippen LogP contribution in [-0.4, -0.2) is 61.0 Å². The number of benzene rings is 2. The summed E-state index contributed by atoms with van der Waals surface area (Å²) < 4.78 is 37.8. The fourth-order valence-corrected chi connectivity index (χ4v) is 5.34. The molecule has 2 amide bonds. The Labute approximate surface area is 215 Å². The predicted octanol–water partition coefficient (Wildman–Crippen LogP) is 2.82. The monoisotopic (exact) mass is 534 g/mol. The number of hydrogen-bond donors (Lipinski definition) is 4. The molecule has 0 aliphatic carbocycles. The average Bonchev–Trinajstić information content (AvgIpc) is 3.33. The molecule has 1 aliphatic rings. The molecule has 0 bridgehead atoms. The summed E-state index contributed by atoms with van der Waals surface area (Å²) in [6.45, 7) is 2.06. The first-order chi connectivity index (χ1) is 17.2. The highest BCUT2D eigenvalue weighted by Crippen LogP contribution is 2.24. The summed E-state index contributed by atoms with van der Waals surface area (Å²) >= 11 is 1.59. The van der Waals surface area contributed by atoms with Gasteiger partial charge >= 0.3 is 16.4 Å². The molecule has 0 saturated carbocycles. The number of carbonyl (C=O) groups is 2. The third-order valence-electron chi connectivity index (χ3n) is 5.54. The molecule has 2 aromatic carbocycles. The first-order valence-corrected chi connectivity index (χ1v) is 13.8. The van der Waals surface area contributed by atoms with E-state index in [2.05, 4.69) is 17.6 Å². The lowest BCUT2D eigenvalue weighted by Crippen LogP contribution is -2.52. The van der Waals surface area contributed by atoms with Gasteiger partial charge in [0.1, 0.15) is 6.04 Å². The van der Waals surface area contributed by atoms with Gasteiger partial charge in [-0.1, -0.05) is 49.4 Å². The first-order valence-electron chi connectivity index (χ1n) is 11.4. The second-order valence-electron chi connectivity index (χ2n) is 8.26. The number of nitrogens with one attached hydrogen (secondary N) is 3. The van der Waals surface area contributed by atoms with Crippen LogP contribution in [0.5, 0.6) is 0 Å². The van der Waals surface area contributed by atoms with Crippen molar-refractivity contribution in [2.75, 3.05) is 17.6 Å². The van der Waals surface area contributed by atoms with Gasteiger partial charge in [0.2, 0.25) is 5.91 Å². The molecule has 0 fully saturated rings. The maximum atomic E-state index is 13.4. The van der Waals surface area contributed by atoms with E-state index < -0.39 is 28.5 Å². The van der Waals surface area contributed by atoms with Gasteiger partial charge in [0.25, 0.3) is 0 Å². The lowest BCUT2D eigenvalue weighted by Gasteiger charge is -2.23. The molecule has 0 aromatic heterocycles. The molecule has 1 aliphatic heterocycles. The molecule has 1 unspecified atom stereocenters. The number of carbonyl (C=O) groups excluding carboxylic acids is 2. The van der Waals surface area contributed by atoms with Crippen molar-refractivity contribution < 1.29 is 27.3 Å². The van der Waals surface area contributed by atoms with Crippen molar-refractivity contribution >= 4 is 44.8 Å². The van der Waals surface area contributed by atoms with E-state index in [1.807, 2.05) is 35.1 Å². The van der Waals surface area contributed by atoms with Crippen molar-refractivity contribution in [2.45, 2.75) is 44.3 Å². The van der Waals surface area contributed by atoms with Crippen molar-refractivity contribution in [1.29, 1.82) is 0 Å². The number of aliphatic imine (C=N–C) groups is 1. The Kier molecular flexibility index (Phi) is 9.73. The van der Waals surface area contributed by atoms with E-state index in [9.17, 15) is 18.0 Å². The number of thioether (sulfide) groups is 1. The van der Waals surface area contributed by atoms with E-state index in [0.717, 1.165) is 28.3 Å². The summed E-state index contributed by atoms with van der Waals surface area (Å²) in [5.74, 6) is 0.450. The Morgan fingerprint density at radius 1 is 1.08 bits per heavy atom. The van der Waals surface area contributed by atoms with Crippen LogP contribution >= 0.6 is 11.8 Å². The van der Waals surface area contributed by atoms with Crippen LogP contribution in [0, 0.1) is 0 Å². The molecule has 3 rings (SSSR count). The normalized spacial score (nSPS) is 17.0. The molecule has 0 radical (unpaired) electrons. The summed E-state index contributed by atoms with van der Waals surface area (Å²) in [5, 5.41) is 6.46. The minimum absolute atomic E-state index is 0.166. The standard InChI is InChI=1S/C24H30N4O6S2/c1-3-18-15-35-23(25-18)21(14-17-9-11-19(12-10-17)28-36(31,32)33)26-22(29)20(27-24(30)34-2)13-16-7-5-4-6-8-16/h4-12,18,20-21,28H,3,13-15H2,1-2H3,(H,26,29)(H,27,30)(H,31,32,33)/t18?,20-,21-/m0/s1. The fraction of sp³-hybridized carbons (Fsp3) is 0.375. The van der Waals surface area contributed by atoms with Gasteiger partial charge in [-0.15, -0.1) is 11.8 Å². The predicted molar refractivity (Wildman–Crippen MR) is 141 cm³/mol. The number of methoxy groups -OCH3 is 1. The highest BCUT2D eigenvalue weighted by Gasteiger charge is 2.29. The Bertz CT molecular complexity index is 1170. The molecule has 4 N–H and O–H groups in total. The number of rotatable bonds is 11. The van der Waals surface area contributed by atoms with Gasteiger partial charge in [-0.25, -0.2) is 4.79 Å². The summed E-state index contributed by atoms with van der Waals surface area (Å²) in [6.07, 6.45) is 0.856. The van der Waals surface area contributed by atoms with Crippen molar-refractivity contribution in [2.24, 2.45) is 4.99 Å². The zero-order valence-electron chi connectivity index (χ0n) is 20.0. The molecule has 10 nitrogen and oxygen atoms in total. The maximum Gasteiger partial charge on any atom is 0.407 e. The molecule has 36 heavy (non-hydrogen) atoms. The van der Waals surface area contributed by atoms with Crippen LogP contribution in [0.3, 0.4) is 0 Å². The highest BCUT2D eigenvalue weighted by atomic mass is 32.2. The van der Waals surface area contributed by atoms with E-state index in [4.69, 9.17) is 14.3 Å². The molecule has 0 saturated heterocycles. The van der Waals surface area contributed by atoms with E-state index in [-0.39, 0.29) is 24.1 Å². The lowest BCUT2D eigenvalue weighted by molar-refractivity contribution is -0.123. The van der Waals surface area contributed by atoms with Crippen molar-refractivity contribution in [3.05, 3.63) is 65.7 Å². The Morgan fingerprint density at radius 3 is 2.33 bits per heavy atom. The van der Waals surface area contributed by atoms with E-state index in [0.29, 0.717) is 6.42 Å². The second kappa shape index (κ2) is 12.7.